The lowest BCUT2D eigenvalue weighted by Crippen LogP contribution is -2.44. The summed E-state index contributed by atoms with van der Waals surface area (Å²) in [7, 11) is 2.11. The Labute approximate surface area is 108 Å². The van der Waals surface area contributed by atoms with Crippen molar-refractivity contribution in [3.8, 4) is 0 Å². The molecule has 0 saturated carbocycles. The van der Waals surface area contributed by atoms with Crippen molar-refractivity contribution < 1.29 is 9.13 Å². The van der Waals surface area contributed by atoms with Gasteiger partial charge in [0.15, 0.2) is 0 Å². The van der Waals surface area contributed by atoms with Crippen LogP contribution in [0.3, 0.4) is 0 Å². The molecule has 1 N–H and O–H groups in total. The van der Waals surface area contributed by atoms with Gasteiger partial charge in [-0.15, -0.1) is 0 Å². The molecular formula is C14H21FN2O. The predicted octanol–water partition coefficient (Wildman–Crippen LogP) is 1.55. The van der Waals surface area contributed by atoms with Crippen LogP contribution in [0.25, 0.3) is 0 Å². The van der Waals surface area contributed by atoms with Crippen LogP contribution in [0.1, 0.15) is 11.1 Å². The van der Waals surface area contributed by atoms with Crippen molar-refractivity contribution in [3.05, 3.63) is 35.1 Å². The molecule has 1 atom stereocenters. The summed E-state index contributed by atoms with van der Waals surface area (Å²) < 4.78 is 18.6. The van der Waals surface area contributed by atoms with Gasteiger partial charge >= 0.3 is 0 Å². The van der Waals surface area contributed by atoms with Gasteiger partial charge in [-0.3, -0.25) is 0 Å². The minimum absolute atomic E-state index is 0.173. The summed E-state index contributed by atoms with van der Waals surface area (Å²) in [5.41, 5.74) is 2.13. The molecule has 18 heavy (non-hydrogen) atoms. The number of hydrogen-bond acceptors (Lipinski definition) is 3. The van der Waals surface area contributed by atoms with E-state index >= 15 is 0 Å². The van der Waals surface area contributed by atoms with E-state index in [1.54, 1.807) is 6.07 Å². The van der Waals surface area contributed by atoms with Crippen LogP contribution in [0.15, 0.2) is 18.2 Å². The third-order valence-electron chi connectivity index (χ3n) is 3.33. The Kier molecular flexibility index (Phi) is 4.69. The first-order valence-electron chi connectivity index (χ1n) is 6.41. The average Bonchev–Trinajstić information content (AvgIpc) is 2.32. The molecular weight excluding hydrogens is 231 g/mol. The zero-order valence-corrected chi connectivity index (χ0v) is 11.1. The Morgan fingerprint density at radius 2 is 2.33 bits per heavy atom. The Morgan fingerprint density at radius 3 is 3.06 bits per heavy atom. The normalized spacial score (nSPS) is 21.2. The van der Waals surface area contributed by atoms with E-state index in [4.69, 9.17) is 4.74 Å². The summed E-state index contributed by atoms with van der Waals surface area (Å²) in [4.78, 5) is 2.28. The molecule has 4 heteroatoms. The third-order valence-corrected chi connectivity index (χ3v) is 3.33. The second kappa shape index (κ2) is 6.27. The summed E-state index contributed by atoms with van der Waals surface area (Å²) in [5, 5.41) is 3.38. The van der Waals surface area contributed by atoms with E-state index in [2.05, 4.69) is 17.3 Å². The minimum atomic E-state index is -0.173. The molecule has 0 aromatic heterocycles. The number of morpholine rings is 1. The van der Waals surface area contributed by atoms with Gasteiger partial charge in [0, 0.05) is 26.2 Å². The molecule has 2 rings (SSSR count). The molecule has 100 valence electrons. The van der Waals surface area contributed by atoms with Crippen LogP contribution in [0.5, 0.6) is 0 Å². The number of likely N-dealkylation sites (N-methyl/N-ethyl adjacent to an activating group) is 1. The highest BCUT2D eigenvalue weighted by molar-refractivity contribution is 5.26. The van der Waals surface area contributed by atoms with E-state index in [1.165, 1.54) is 6.07 Å². The van der Waals surface area contributed by atoms with Crippen LogP contribution >= 0.6 is 0 Å². The van der Waals surface area contributed by atoms with E-state index in [1.807, 2.05) is 13.0 Å². The van der Waals surface area contributed by atoms with Gasteiger partial charge in [-0.1, -0.05) is 6.07 Å². The Hall–Kier alpha value is -0.970. The van der Waals surface area contributed by atoms with E-state index in [0.717, 1.165) is 43.9 Å². The SMILES string of the molecule is Cc1cc(F)ccc1CNC[C@H]1CN(C)CCO1. The maximum absolute atomic E-state index is 13.0. The molecule has 0 spiro atoms. The number of halogens is 1. The van der Waals surface area contributed by atoms with Crippen molar-refractivity contribution in [2.24, 2.45) is 0 Å². The molecule has 3 nitrogen and oxygen atoms in total. The summed E-state index contributed by atoms with van der Waals surface area (Å²) >= 11 is 0. The smallest absolute Gasteiger partial charge is 0.123 e. The van der Waals surface area contributed by atoms with Crippen molar-refractivity contribution in [2.45, 2.75) is 19.6 Å². The topological polar surface area (TPSA) is 24.5 Å². The molecule has 1 aromatic carbocycles. The van der Waals surface area contributed by atoms with Gasteiger partial charge in [-0.25, -0.2) is 4.39 Å². The first-order valence-corrected chi connectivity index (χ1v) is 6.41. The van der Waals surface area contributed by atoms with E-state index in [9.17, 15) is 4.39 Å². The van der Waals surface area contributed by atoms with Gasteiger partial charge in [0.2, 0.25) is 0 Å². The zero-order valence-electron chi connectivity index (χ0n) is 11.1. The van der Waals surface area contributed by atoms with Crippen LogP contribution < -0.4 is 5.32 Å². The van der Waals surface area contributed by atoms with Crippen molar-refractivity contribution in [1.29, 1.82) is 0 Å². The summed E-state index contributed by atoms with van der Waals surface area (Å²) in [6.45, 7) is 6.31. The van der Waals surface area contributed by atoms with Gasteiger partial charge in [0.05, 0.1) is 12.7 Å². The van der Waals surface area contributed by atoms with E-state index in [-0.39, 0.29) is 11.9 Å². The maximum atomic E-state index is 13.0. The second-order valence-corrected chi connectivity index (χ2v) is 4.96. The minimum Gasteiger partial charge on any atom is -0.374 e. The molecule has 0 amide bonds. The molecule has 0 bridgehead atoms. The van der Waals surface area contributed by atoms with E-state index < -0.39 is 0 Å². The molecule has 0 unspecified atom stereocenters. The first-order chi connectivity index (χ1) is 8.65. The van der Waals surface area contributed by atoms with Crippen molar-refractivity contribution in [2.75, 3.05) is 33.3 Å². The summed E-state index contributed by atoms with van der Waals surface area (Å²) in [6, 6.07) is 4.92. The number of nitrogens with zero attached hydrogens (tertiary/aromatic N) is 1. The number of rotatable bonds is 4. The van der Waals surface area contributed by atoms with Gasteiger partial charge in [-0.05, 0) is 37.2 Å². The first kappa shape index (κ1) is 13.5. The van der Waals surface area contributed by atoms with Crippen LogP contribution in [0, 0.1) is 12.7 Å². The predicted molar refractivity (Wildman–Crippen MR) is 70.1 cm³/mol. The quantitative estimate of drug-likeness (QED) is 0.880. The summed E-state index contributed by atoms with van der Waals surface area (Å²) in [5.74, 6) is -0.173. The monoisotopic (exact) mass is 252 g/mol. The Balaban J connectivity index is 1.77. The number of aryl methyl sites for hydroxylation is 1. The lowest BCUT2D eigenvalue weighted by molar-refractivity contribution is -0.0182. The molecule has 1 saturated heterocycles. The molecule has 1 aliphatic heterocycles. The zero-order chi connectivity index (χ0) is 13.0. The van der Waals surface area contributed by atoms with Gasteiger partial charge in [-0.2, -0.15) is 0 Å². The standard InChI is InChI=1S/C14H21FN2O/c1-11-7-13(15)4-3-12(11)8-16-9-14-10-17(2)5-6-18-14/h3-4,7,14,16H,5-6,8-10H2,1-2H3/t14-/m0/s1. The molecule has 1 fully saturated rings. The Bertz CT molecular complexity index is 397. The average molecular weight is 252 g/mol. The molecule has 1 heterocycles. The molecule has 1 aliphatic rings. The number of ether oxygens (including phenoxy) is 1. The fourth-order valence-corrected chi connectivity index (χ4v) is 2.22. The Morgan fingerprint density at radius 1 is 1.50 bits per heavy atom. The molecule has 0 radical (unpaired) electrons. The fourth-order valence-electron chi connectivity index (χ4n) is 2.22. The lowest BCUT2D eigenvalue weighted by Gasteiger charge is -2.30. The van der Waals surface area contributed by atoms with E-state index in [0.29, 0.717) is 0 Å². The fraction of sp³-hybridized carbons (Fsp3) is 0.571. The van der Waals surface area contributed by atoms with Crippen molar-refractivity contribution in [1.82, 2.24) is 10.2 Å². The molecule has 0 aliphatic carbocycles. The number of benzene rings is 1. The van der Waals surface area contributed by atoms with Gasteiger partial charge in [0.25, 0.3) is 0 Å². The molecule has 1 aromatic rings. The van der Waals surface area contributed by atoms with Crippen LogP contribution in [-0.2, 0) is 11.3 Å². The highest BCUT2D eigenvalue weighted by Crippen LogP contribution is 2.10. The second-order valence-electron chi connectivity index (χ2n) is 4.96. The number of nitrogens with one attached hydrogen (secondary N) is 1. The lowest BCUT2D eigenvalue weighted by atomic mass is 10.1. The van der Waals surface area contributed by atoms with Crippen LogP contribution in [-0.4, -0.2) is 44.3 Å². The van der Waals surface area contributed by atoms with Crippen LogP contribution in [0.2, 0.25) is 0 Å². The number of hydrogen-bond donors (Lipinski definition) is 1. The van der Waals surface area contributed by atoms with Crippen molar-refractivity contribution in [3.63, 3.8) is 0 Å². The highest BCUT2D eigenvalue weighted by Gasteiger charge is 2.16. The van der Waals surface area contributed by atoms with Gasteiger partial charge in [0.1, 0.15) is 5.82 Å². The maximum Gasteiger partial charge on any atom is 0.123 e. The van der Waals surface area contributed by atoms with Crippen LogP contribution in [0.4, 0.5) is 4.39 Å². The third kappa shape index (κ3) is 3.77. The van der Waals surface area contributed by atoms with Crippen molar-refractivity contribution >= 4 is 0 Å². The highest BCUT2D eigenvalue weighted by atomic mass is 19.1. The summed E-state index contributed by atoms with van der Waals surface area (Å²) in [6.07, 6.45) is 0.254. The van der Waals surface area contributed by atoms with Gasteiger partial charge < -0.3 is 15.0 Å². The largest absolute Gasteiger partial charge is 0.374 e.